The van der Waals surface area contributed by atoms with E-state index in [9.17, 15) is 9.59 Å². The van der Waals surface area contributed by atoms with Crippen LogP contribution < -0.4 is 0 Å². The van der Waals surface area contributed by atoms with Gasteiger partial charge < -0.3 is 4.74 Å². The second-order valence-electron chi connectivity index (χ2n) is 3.29. The summed E-state index contributed by atoms with van der Waals surface area (Å²) in [4.78, 5) is 22.0. The Labute approximate surface area is 72.1 Å². The van der Waals surface area contributed by atoms with Crippen LogP contribution in [-0.2, 0) is 14.3 Å². The van der Waals surface area contributed by atoms with Crippen molar-refractivity contribution in [3.05, 3.63) is 0 Å². The second-order valence-corrected chi connectivity index (χ2v) is 3.29. The van der Waals surface area contributed by atoms with Crippen molar-refractivity contribution in [2.45, 2.75) is 39.0 Å². The molecule has 1 atom stereocenters. The van der Waals surface area contributed by atoms with Crippen LogP contribution in [0.4, 0.5) is 0 Å². The minimum Gasteiger partial charge on any atom is -0.393 e. The number of hydrogen-bond acceptors (Lipinski definition) is 3. The molecule has 12 heavy (non-hydrogen) atoms. The lowest BCUT2D eigenvalue weighted by molar-refractivity contribution is -0.162. The van der Waals surface area contributed by atoms with Gasteiger partial charge in [0.1, 0.15) is 0 Å². The van der Waals surface area contributed by atoms with Gasteiger partial charge >= 0.3 is 11.9 Å². The zero-order chi connectivity index (χ0) is 8.97. The third-order valence-electron chi connectivity index (χ3n) is 2.13. The lowest BCUT2D eigenvalue weighted by atomic mass is 10.0. The summed E-state index contributed by atoms with van der Waals surface area (Å²) in [6.07, 6.45) is 4.11. The van der Waals surface area contributed by atoms with E-state index in [1.165, 1.54) is 0 Å². The fourth-order valence-electron chi connectivity index (χ4n) is 1.28. The molecule has 0 amide bonds. The Kier molecular flexibility index (Phi) is 3.26. The molecule has 1 rings (SSSR count). The summed E-state index contributed by atoms with van der Waals surface area (Å²) in [7, 11) is 0. The van der Waals surface area contributed by atoms with Crippen LogP contribution in [0.3, 0.4) is 0 Å². The minimum atomic E-state index is -0.367. The van der Waals surface area contributed by atoms with Crippen LogP contribution in [0.2, 0.25) is 0 Å². The van der Waals surface area contributed by atoms with Crippen LogP contribution in [0, 0.1) is 5.92 Å². The smallest absolute Gasteiger partial charge is 0.316 e. The van der Waals surface area contributed by atoms with Gasteiger partial charge in [-0.25, -0.2) is 0 Å². The van der Waals surface area contributed by atoms with E-state index in [2.05, 4.69) is 4.74 Å². The highest BCUT2D eigenvalue weighted by Crippen LogP contribution is 2.15. The molecule has 0 saturated carbocycles. The number of carbonyl (C=O) groups is 2. The summed E-state index contributed by atoms with van der Waals surface area (Å²) in [5.41, 5.74) is 0. The van der Waals surface area contributed by atoms with Crippen molar-refractivity contribution in [1.82, 2.24) is 0 Å². The van der Waals surface area contributed by atoms with Crippen LogP contribution in [0.1, 0.15) is 39.0 Å². The zero-order valence-electron chi connectivity index (χ0n) is 7.34. The lowest BCUT2D eigenvalue weighted by Gasteiger charge is -2.06. The van der Waals surface area contributed by atoms with E-state index in [0.29, 0.717) is 6.42 Å². The average Bonchev–Trinajstić information content (AvgIpc) is 2.07. The Morgan fingerprint density at radius 2 is 2.00 bits per heavy atom. The molecule has 1 aliphatic heterocycles. The highest BCUT2D eigenvalue weighted by Gasteiger charge is 2.19. The topological polar surface area (TPSA) is 43.4 Å². The maximum atomic E-state index is 11.1. The van der Waals surface area contributed by atoms with Gasteiger partial charge in [-0.1, -0.05) is 19.8 Å². The molecule has 1 aliphatic rings. The number of esters is 2. The van der Waals surface area contributed by atoms with Crippen molar-refractivity contribution >= 4 is 11.9 Å². The summed E-state index contributed by atoms with van der Waals surface area (Å²) in [5.74, 6) is -0.845. The molecule has 68 valence electrons. The highest BCUT2D eigenvalue weighted by molar-refractivity contribution is 5.86. The molecule has 1 saturated heterocycles. The van der Waals surface area contributed by atoms with E-state index in [4.69, 9.17) is 0 Å². The molecule has 1 fully saturated rings. The monoisotopic (exact) mass is 170 g/mol. The van der Waals surface area contributed by atoms with Gasteiger partial charge in [-0.15, -0.1) is 0 Å². The molecular weight excluding hydrogens is 156 g/mol. The van der Waals surface area contributed by atoms with Crippen molar-refractivity contribution in [3.63, 3.8) is 0 Å². The molecule has 3 heteroatoms. The fraction of sp³-hybridized carbons (Fsp3) is 0.778. The Morgan fingerprint density at radius 1 is 1.25 bits per heavy atom. The van der Waals surface area contributed by atoms with Gasteiger partial charge in [0.15, 0.2) is 0 Å². The Morgan fingerprint density at radius 3 is 2.75 bits per heavy atom. The van der Waals surface area contributed by atoms with Crippen LogP contribution in [0.5, 0.6) is 0 Å². The molecule has 0 spiro atoms. The predicted molar refractivity (Wildman–Crippen MR) is 43.3 cm³/mol. The normalized spacial score (nSPS) is 26.9. The maximum Gasteiger partial charge on any atom is 0.316 e. The first-order valence-corrected chi connectivity index (χ1v) is 4.44. The van der Waals surface area contributed by atoms with E-state index >= 15 is 0 Å². The van der Waals surface area contributed by atoms with Crippen molar-refractivity contribution in [3.8, 4) is 0 Å². The van der Waals surface area contributed by atoms with Crippen LogP contribution in [0.25, 0.3) is 0 Å². The molecule has 3 nitrogen and oxygen atoms in total. The quantitative estimate of drug-likeness (QED) is 0.410. The van der Waals surface area contributed by atoms with Crippen molar-refractivity contribution < 1.29 is 14.3 Å². The van der Waals surface area contributed by atoms with E-state index in [1.54, 1.807) is 6.92 Å². The van der Waals surface area contributed by atoms with Gasteiger partial charge in [-0.2, -0.15) is 0 Å². The van der Waals surface area contributed by atoms with Gasteiger partial charge in [-0.05, 0) is 12.8 Å². The van der Waals surface area contributed by atoms with Crippen molar-refractivity contribution in [1.29, 1.82) is 0 Å². The molecule has 1 unspecified atom stereocenters. The average molecular weight is 170 g/mol. The van der Waals surface area contributed by atoms with Gasteiger partial charge in [0, 0.05) is 6.42 Å². The molecule has 0 aromatic carbocycles. The highest BCUT2D eigenvalue weighted by atomic mass is 16.6. The van der Waals surface area contributed by atoms with Gasteiger partial charge in [0.25, 0.3) is 0 Å². The van der Waals surface area contributed by atoms with E-state index < -0.39 is 0 Å². The molecule has 0 bridgehead atoms. The fourth-order valence-corrected chi connectivity index (χ4v) is 1.28. The Hall–Kier alpha value is -0.860. The molecule has 1 heterocycles. The van der Waals surface area contributed by atoms with Crippen LogP contribution in [-0.4, -0.2) is 11.9 Å². The third-order valence-corrected chi connectivity index (χ3v) is 2.13. The molecule has 0 aromatic rings. The second kappa shape index (κ2) is 4.24. The Balaban J connectivity index is 2.52. The number of hydrogen-bond donors (Lipinski definition) is 0. The zero-order valence-corrected chi connectivity index (χ0v) is 7.34. The number of ether oxygens (including phenoxy) is 1. The molecule has 0 aromatic heterocycles. The van der Waals surface area contributed by atoms with E-state index in [0.717, 1.165) is 25.7 Å². The summed E-state index contributed by atoms with van der Waals surface area (Å²) >= 11 is 0. The van der Waals surface area contributed by atoms with Gasteiger partial charge in [0.2, 0.25) is 0 Å². The van der Waals surface area contributed by atoms with Crippen LogP contribution in [0.15, 0.2) is 0 Å². The Bertz CT molecular complexity index is 186. The molecular formula is C9H14O3. The SMILES string of the molecule is CC1CCCCCC(=O)OC1=O. The standard InChI is InChI=1S/C9H14O3/c1-7-5-3-2-4-6-8(10)12-9(7)11/h7H,2-6H2,1H3. The number of rotatable bonds is 0. The van der Waals surface area contributed by atoms with Crippen LogP contribution >= 0.6 is 0 Å². The largest absolute Gasteiger partial charge is 0.393 e. The van der Waals surface area contributed by atoms with E-state index in [-0.39, 0.29) is 17.9 Å². The van der Waals surface area contributed by atoms with Crippen molar-refractivity contribution in [2.24, 2.45) is 5.92 Å². The summed E-state index contributed by atoms with van der Waals surface area (Å²) in [5, 5.41) is 0. The predicted octanol–water partition coefficient (Wildman–Crippen LogP) is 1.66. The first-order valence-electron chi connectivity index (χ1n) is 4.44. The number of carbonyl (C=O) groups excluding carboxylic acids is 2. The summed E-state index contributed by atoms with van der Waals surface area (Å²) in [6, 6.07) is 0. The molecule has 0 N–H and O–H groups in total. The first kappa shape index (κ1) is 9.23. The third kappa shape index (κ3) is 2.64. The number of cyclic esters (lactones) is 2. The molecule has 0 aliphatic carbocycles. The minimum absolute atomic E-state index is 0.118. The van der Waals surface area contributed by atoms with Gasteiger partial charge in [-0.3, -0.25) is 9.59 Å². The maximum absolute atomic E-state index is 11.1. The summed E-state index contributed by atoms with van der Waals surface area (Å²) < 4.78 is 4.61. The lowest BCUT2D eigenvalue weighted by Crippen LogP contribution is -2.17. The van der Waals surface area contributed by atoms with Gasteiger partial charge in [0.05, 0.1) is 5.92 Å². The molecule has 0 radical (unpaired) electrons. The van der Waals surface area contributed by atoms with E-state index in [1.807, 2.05) is 0 Å². The first-order chi connectivity index (χ1) is 5.70. The van der Waals surface area contributed by atoms with Crippen molar-refractivity contribution in [2.75, 3.05) is 0 Å². The summed E-state index contributed by atoms with van der Waals surface area (Å²) in [6.45, 7) is 1.81.